The number of aromatic nitrogens is 2. The lowest BCUT2D eigenvalue weighted by molar-refractivity contribution is -0.155. The zero-order valence-electron chi connectivity index (χ0n) is 45.7. The maximum absolute atomic E-state index is 14.6. The van der Waals surface area contributed by atoms with Gasteiger partial charge in [0, 0.05) is 74.7 Å². The molecule has 3 amide bonds. The van der Waals surface area contributed by atoms with Gasteiger partial charge >= 0.3 is 18.2 Å². The van der Waals surface area contributed by atoms with Crippen molar-refractivity contribution in [3.63, 3.8) is 0 Å². The third-order valence-corrected chi connectivity index (χ3v) is 14.5. The number of hydrazine groups is 1. The van der Waals surface area contributed by atoms with Crippen molar-refractivity contribution >= 4 is 40.7 Å². The number of nitrogens with one attached hydrogen (secondary N) is 2. The Morgan fingerprint density at radius 3 is 2.29 bits per heavy atom. The number of amides is 3. The summed E-state index contributed by atoms with van der Waals surface area (Å²) >= 11 is 0. The normalized spacial score (nSPS) is 18.5. The number of alkyl carbamates (subject to hydrolysis) is 1. The largest absolute Gasteiger partial charge is 0.489 e. The van der Waals surface area contributed by atoms with Crippen LogP contribution in [-0.4, -0.2) is 108 Å². The first-order valence-electron chi connectivity index (χ1n) is 26.9. The number of esters is 1. The molecule has 9 rings (SSSR count). The van der Waals surface area contributed by atoms with Crippen LogP contribution in [0.5, 0.6) is 5.75 Å². The molecule has 0 aliphatic carbocycles. The van der Waals surface area contributed by atoms with E-state index in [4.69, 9.17) is 28.7 Å². The Morgan fingerprint density at radius 2 is 1.60 bits per heavy atom. The van der Waals surface area contributed by atoms with Crippen LogP contribution in [0, 0.1) is 5.41 Å². The van der Waals surface area contributed by atoms with Gasteiger partial charge in [-0.25, -0.2) is 15.0 Å². The van der Waals surface area contributed by atoms with Crippen LogP contribution in [0.15, 0.2) is 109 Å². The molecule has 3 atom stereocenters. The molecule has 406 valence electrons. The number of rotatable bonds is 11. The summed E-state index contributed by atoms with van der Waals surface area (Å²) in [6.07, 6.45) is 2.08. The molecule has 5 heterocycles. The van der Waals surface area contributed by atoms with Crippen LogP contribution >= 0.6 is 0 Å². The van der Waals surface area contributed by atoms with E-state index < -0.39 is 41.1 Å². The van der Waals surface area contributed by atoms with E-state index in [-0.39, 0.29) is 31.8 Å². The van der Waals surface area contributed by atoms with Gasteiger partial charge in [-0.05, 0) is 118 Å². The number of aryl methyl sites for hydroxylation is 1. The van der Waals surface area contributed by atoms with Crippen LogP contribution in [0.2, 0.25) is 0 Å². The summed E-state index contributed by atoms with van der Waals surface area (Å²) in [5.41, 5.74) is 11.9. The first-order chi connectivity index (χ1) is 36.9. The van der Waals surface area contributed by atoms with E-state index in [2.05, 4.69) is 71.3 Å². The molecule has 2 N–H and O–H groups in total. The van der Waals surface area contributed by atoms with E-state index in [9.17, 15) is 19.2 Å². The smallest absolute Gasteiger partial charge is 0.410 e. The molecule has 3 aliphatic rings. The number of cyclic esters (lactones) is 1. The fourth-order valence-electron chi connectivity index (χ4n) is 10.5. The summed E-state index contributed by atoms with van der Waals surface area (Å²) in [5, 5.41) is 5.33. The van der Waals surface area contributed by atoms with E-state index in [1.54, 1.807) is 32.8 Å². The molecule has 2 aromatic heterocycles. The van der Waals surface area contributed by atoms with E-state index >= 15 is 0 Å². The van der Waals surface area contributed by atoms with Crippen LogP contribution in [0.25, 0.3) is 33.3 Å². The molecule has 3 aliphatic heterocycles. The standard InChI is InChI=1S/C61H73N7O9/c1-9-67-53-23-22-44-33-48(53)50(55(67)49-34-46(36-62-54(49)40(2)73-8)65-25-27-66(28-26-65)59(72)75-38-42-19-14-11-15-20-42)35-61(6,7)39-76-57(70)51-21-16-24-68(64-51)56(69)52(63-58(71)77-60(3,4)5)31-43-29-45(44)32-47(30-43)74-37-41-17-12-10-13-18-41/h10-15,17-20,22-23,29-30,32-34,36,40,51-52,64H,9,16,21,24-28,31,35,37-39H2,1-8H3,(H,63,71)/t40-,51-,52-/m0/s1. The molecule has 4 aromatic carbocycles. The quantitative estimate of drug-likeness (QED) is 0.0933. The number of ether oxygens (including phenoxy) is 5. The molecule has 0 spiro atoms. The van der Waals surface area contributed by atoms with Gasteiger partial charge in [-0.2, -0.15) is 0 Å². The van der Waals surface area contributed by atoms with Crippen molar-refractivity contribution in [2.24, 2.45) is 5.41 Å². The van der Waals surface area contributed by atoms with Crippen molar-refractivity contribution in [3.05, 3.63) is 137 Å². The van der Waals surface area contributed by atoms with Gasteiger partial charge in [-0.1, -0.05) is 86.6 Å². The zero-order chi connectivity index (χ0) is 54.4. The Balaban J connectivity index is 1.15. The topological polar surface area (TPSA) is 166 Å². The number of piperazine rings is 1. The minimum atomic E-state index is -1.07. The second kappa shape index (κ2) is 23.4. The Labute approximate surface area is 451 Å². The molecule has 77 heavy (non-hydrogen) atoms. The number of nitrogens with zero attached hydrogens (tertiary/aromatic N) is 5. The average molecular weight is 1050 g/mol. The number of carbonyl (C=O) groups is 4. The van der Waals surface area contributed by atoms with Gasteiger partial charge in [-0.15, -0.1) is 0 Å². The van der Waals surface area contributed by atoms with Crippen molar-refractivity contribution in [3.8, 4) is 28.1 Å². The SMILES string of the molecule is CCn1c(-c2cc(N3CCN(C(=O)OCc4ccccc4)CC3)cnc2[C@H](C)OC)c2c3cc(ccc31)-c1cc(cc(OCc3ccccc3)c1)C[C@H](NC(=O)OC(C)(C)C)C(=O)N1CCC[C@H](N1)C(=O)OCC(C)(C)C2. The number of hydrogen-bond acceptors (Lipinski definition) is 12. The minimum Gasteiger partial charge on any atom is -0.489 e. The van der Waals surface area contributed by atoms with Gasteiger partial charge in [0.15, 0.2) is 0 Å². The summed E-state index contributed by atoms with van der Waals surface area (Å²) in [6, 6.07) is 32.5. The monoisotopic (exact) mass is 1050 g/mol. The fraction of sp³-hybridized carbons (Fsp3) is 0.426. The molecule has 0 saturated carbocycles. The van der Waals surface area contributed by atoms with Gasteiger partial charge in [0.05, 0.1) is 36.0 Å². The van der Waals surface area contributed by atoms with Gasteiger partial charge in [0.2, 0.25) is 0 Å². The zero-order valence-corrected chi connectivity index (χ0v) is 45.7. The van der Waals surface area contributed by atoms with E-state index in [0.29, 0.717) is 70.9 Å². The van der Waals surface area contributed by atoms with Gasteiger partial charge in [-0.3, -0.25) is 19.6 Å². The van der Waals surface area contributed by atoms with Crippen LogP contribution in [0.1, 0.15) is 95.4 Å². The predicted octanol–water partition coefficient (Wildman–Crippen LogP) is 10.2. The number of pyridine rings is 1. The lowest BCUT2D eigenvalue weighted by Crippen LogP contribution is -2.60. The third-order valence-electron chi connectivity index (χ3n) is 14.5. The number of benzene rings is 4. The Morgan fingerprint density at radius 1 is 0.883 bits per heavy atom. The maximum atomic E-state index is 14.6. The van der Waals surface area contributed by atoms with Gasteiger partial charge in [0.25, 0.3) is 5.91 Å². The van der Waals surface area contributed by atoms with Crippen LogP contribution in [-0.2, 0) is 61.1 Å². The summed E-state index contributed by atoms with van der Waals surface area (Å²) in [6.45, 7) is 17.4. The van der Waals surface area contributed by atoms with Gasteiger partial charge < -0.3 is 43.4 Å². The van der Waals surface area contributed by atoms with Crippen molar-refractivity contribution < 1.29 is 42.9 Å². The maximum Gasteiger partial charge on any atom is 0.410 e. The average Bonchev–Trinajstić information content (AvgIpc) is 3.79. The highest BCUT2D eigenvalue weighted by Crippen LogP contribution is 2.43. The molecule has 16 heteroatoms. The Bertz CT molecular complexity index is 3070. The summed E-state index contributed by atoms with van der Waals surface area (Å²) < 4.78 is 32.5. The van der Waals surface area contributed by atoms with E-state index in [1.807, 2.05) is 85.9 Å². The highest BCUT2D eigenvalue weighted by atomic mass is 16.6. The van der Waals surface area contributed by atoms with Crippen molar-refractivity contribution in [2.45, 2.75) is 118 Å². The minimum absolute atomic E-state index is 0.0934. The number of hydrogen-bond donors (Lipinski definition) is 2. The molecular formula is C61H73N7O9. The van der Waals surface area contributed by atoms with Crippen molar-refractivity contribution in [1.82, 2.24) is 30.2 Å². The highest BCUT2D eigenvalue weighted by Gasteiger charge is 2.36. The molecule has 2 saturated heterocycles. The second-order valence-electron chi connectivity index (χ2n) is 22.1. The van der Waals surface area contributed by atoms with Crippen molar-refractivity contribution in [1.29, 1.82) is 0 Å². The second-order valence-corrected chi connectivity index (χ2v) is 22.1. The summed E-state index contributed by atoms with van der Waals surface area (Å²) in [7, 11) is 1.69. The number of methoxy groups -OCH3 is 1. The molecule has 0 unspecified atom stereocenters. The van der Waals surface area contributed by atoms with Crippen LogP contribution < -0.4 is 20.4 Å². The lowest BCUT2D eigenvalue weighted by atomic mass is 9.84. The highest BCUT2D eigenvalue weighted by molar-refractivity contribution is 5.96. The molecule has 6 aromatic rings. The summed E-state index contributed by atoms with van der Waals surface area (Å²) in [4.78, 5) is 64.7. The molecular weight excluding hydrogens is 975 g/mol. The number of carbonyl (C=O) groups excluding carboxylic acids is 4. The molecule has 2 fully saturated rings. The van der Waals surface area contributed by atoms with Gasteiger partial charge in [0.1, 0.15) is 36.6 Å². The van der Waals surface area contributed by atoms with Crippen LogP contribution in [0.3, 0.4) is 0 Å². The first-order valence-corrected chi connectivity index (χ1v) is 26.9. The first kappa shape index (κ1) is 54.4. The third kappa shape index (κ3) is 13.1. The van der Waals surface area contributed by atoms with Crippen LogP contribution in [0.4, 0.5) is 15.3 Å². The van der Waals surface area contributed by atoms with Crippen molar-refractivity contribution in [2.75, 3.05) is 51.3 Å². The Kier molecular flexibility index (Phi) is 16.5. The Hall–Kier alpha value is -7.43. The van der Waals surface area contributed by atoms with E-state index in [0.717, 1.165) is 66.9 Å². The summed E-state index contributed by atoms with van der Waals surface area (Å²) in [5.74, 6) is -0.275. The predicted molar refractivity (Wildman–Crippen MR) is 296 cm³/mol. The number of fused-ring (bicyclic) bond motifs is 6. The molecule has 16 nitrogen and oxygen atoms in total. The molecule has 0 radical (unpaired) electrons. The number of anilines is 1. The fourth-order valence-corrected chi connectivity index (χ4v) is 10.5. The molecule has 6 bridgehead atoms. The lowest BCUT2D eigenvalue weighted by Gasteiger charge is -2.36. The van der Waals surface area contributed by atoms with E-state index in [1.165, 1.54) is 5.01 Å².